The summed E-state index contributed by atoms with van der Waals surface area (Å²) in [7, 11) is 0. The Bertz CT molecular complexity index is 2980. The Kier molecular flexibility index (Phi) is 5.11. The lowest BCUT2D eigenvalue weighted by atomic mass is 9.77. The average molecular weight is 641 g/mol. The normalized spacial score (nSPS) is 15.8. The molecule has 2 aliphatic rings. The fraction of sp³-hybridized carbons (Fsp3) is 0.200. The molecule has 0 saturated carbocycles. The van der Waals surface area contributed by atoms with E-state index in [1.54, 1.807) is 0 Å². The molecule has 0 fully saturated rings. The monoisotopic (exact) mass is 640 g/mol. The predicted molar refractivity (Wildman–Crippen MR) is 216 cm³/mol. The Balaban J connectivity index is 1.24. The molecule has 0 bridgehead atoms. The van der Waals surface area contributed by atoms with E-state index >= 15 is 0 Å². The number of benzene rings is 9. The van der Waals surface area contributed by atoms with Crippen LogP contribution in [-0.4, -0.2) is 0 Å². The van der Waals surface area contributed by atoms with Crippen molar-refractivity contribution >= 4 is 64.6 Å². The van der Waals surface area contributed by atoms with Gasteiger partial charge in [-0.05, 0) is 138 Å². The zero-order valence-electron chi connectivity index (χ0n) is 30.0. The van der Waals surface area contributed by atoms with Crippen LogP contribution >= 0.6 is 0 Å². The fourth-order valence-electron chi connectivity index (χ4n) is 10.3. The Morgan fingerprint density at radius 3 is 1.68 bits per heavy atom. The summed E-state index contributed by atoms with van der Waals surface area (Å²) in [6.07, 6.45) is 0. The first-order valence-electron chi connectivity index (χ1n) is 18.3. The largest absolute Gasteiger partial charge is 0.0616 e. The zero-order valence-corrected chi connectivity index (χ0v) is 30.0. The maximum absolute atomic E-state index is 2.61. The van der Waals surface area contributed by atoms with Crippen molar-refractivity contribution in [2.45, 2.75) is 64.7 Å². The third kappa shape index (κ3) is 3.33. The van der Waals surface area contributed by atoms with Gasteiger partial charge in [0.05, 0.1) is 0 Å². The van der Waals surface area contributed by atoms with Crippen molar-refractivity contribution in [2.24, 2.45) is 0 Å². The predicted octanol–water partition coefficient (Wildman–Crippen LogP) is 14.0. The van der Waals surface area contributed by atoms with Gasteiger partial charge in [0.2, 0.25) is 0 Å². The molecule has 0 nitrogen and oxygen atoms in total. The van der Waals surface area contributed by atoms with Crippen molar-refractivity contribution in [2.75, 3.05) is 0 Å². The Hall–Kier alpha value is -5.20. The van der Waals surface area contributed by atoms with E-state index in [0.29, 0.717) is 0 Å². The number of fused-ring (bicyclic) bond motifs is 14. The molecule has 2 aliphatic carbocycles. The van der Waals surface area contributed by atoms with Crippen molar-refractivity contribution in [3.05, 3.63) is 143 Å². The molecule has 9 aromatic carbocycles. The topological polar surface area (TPSA) is 0 Å². The van der Waals surface area contributed by atoms with E-state index in [4.69, 9.17) is 0 Å². The molecular formula is C50H40. The van der Waals surface area contributed by atoms with Gasteiger partial charge in [-0.3, -0.25) is 0 Å². The van der Waals surface area contributed by atoms with Crippen molar-refractivity contribution in [1.82, 2.24) is 0 Å². The van der Waals surface area contributed by atoms with E-state index < -0.39 is 0 Å². The minimum Gasteiger partial charge on any atom is -0.0616 e. The second-order valence-corrected chi connectivity index (χ2v) is 17.3. The molecule has 11 rings (SSSR count). The summed E-state index contributed by atoms with van der Waals surface area (Å²) in [5, 5.41) is 16.4. The van der Waals surface area contributed by atoms with Crippen molar-refractivity contribution < 1.29 is 0 Å². The highest BCUT2D eigenvalue weighted by Gasteiger charge is 2.44. The second kappa shape index (κ2) is 8.93. The van der Waals surface area contributed by atoms with Gasteiger partial charge in [0.25, 0.3) is 0 Å². The van der Waals surface area contributed by atoms with Crippen LogP contribution in [0.15, 0.2) is 115 Å². The SMILES string of the molecule is CC(C)(C)c1cc2ccc3cc4c(c5ccc(c1)c2c35)-c1cc2c(cc1C4(C)C)-c1c(c3ccc4ccccc4c3c3ccccc13)C2(C)C. The van der Waals surface area contributed by atoms with E-state index in [0.717, 1.165) is 0 Å². The van der Waals surface area contributed by atoms with E-state index in [9.17, 15) is 0 Å². The molecular weight excluding hydrogens is 601 g/mol. The van der Waals surface area contributed by atoms with Crippen LogP contribution in [0.3, 0.4) is 0 Å². The summed E-state index contributed by atoms with van der Waals surface area (Å²) >= 11 is 0. The van der Waals surface area contributed by atoms with Crippen LogP contribution in [0, 0.1) is 0 Å². The molecule has 0 aromatic heterocycles. The van der Waals surface area contributed by atoms with Gasteiger partial charge in [-0.15, -0.1) is 0 Å². The highest BCUT2D eigenvalue weighted by molar-refractivity contribution is 6.28. The number of rotatable bonds is 0. The molecule has 9 aromatic rings. The third-order valence-corrected chi connectivity index (χ3v) is 12.8. The summed E-state index contributed by atoms with van der Waals surface area (Å²) in [4.78, 5) is 0. The molecule has 0 N–H and O–H groups in total. The molecule has 0 radical (unpaired) electrons. The van der Waals surface area contributed by atoms with Gasteiger partial charge in [-0.25, -0.2) is 0 Å². The first-order chi connectivity index (χ1) is 23.9. The first kappa shape index (κ1) is 28.6. The molecule has 0 heterocycles. The highest BCUT2D eigenvalue weighted by Crippen LogP contribution is 2.60. The summed E-state index contributed by atoms with van der Waals surface area (Å²) in [5.74, 6) is 0. The summed E-state index contributed by atoms with van der Waals surface area (Å²) in [6.45, 7) is 16.8. The average Bonchev–Trinajstić information content (AvgIpc) is 3.48. The minimum atomic E-state index is -0.162. The molecule has 240 valence electrons. The van der Waals surface area contributed by atoms with Gasteiger partial charge < -0.3 is 0 Å². The van der Waals surface area contributed by atoms with Crippen LogP contribution < -0.4 is 0 Å². The van der Waals surface area contributed by atoms with Crippen LogP contribution in [0.2, 0.25) is 0 Å². The zero-order chi connectivity index (χ0) is 34.1. The Morgan fingerprint density at radius 1 is 0.400 bits per heavy atom. The fourth-order valence-corrected chi connectivity index (χ4v) is 10.3. The molecule has 0 spiro atoms. The Morgan fingerprint density at radius 2 is 0.960 bits per heavy atom. The molecule has 0 heteroatoms. The minimum absolute atomic E-state index is 0.100. The van der Waals surface area contributed by atoms with Crippen LogP contribution in [0.25, 0.3) is 86.9 Å². The van der Waals surface area contributed by atoms with E-state index in [2.05, 4.69) is 164 Å². The van der Waals surface area contributed by atoms with Crippen molar-refractivity contribution in [3.63, 3.8) is 0 Å². The molecule has 0 unspecified atom stereocenters. The lowest BCUT2D eigenvalue weighted by Gasteiger charge is -2.25. The first-order valence-corrected chi connectivity index (χ1v) is 18.3. The van der Waals surface area contributed by atoms with Crippen LogP contribution in [-0.2, 0) is 16.2 Å². The van der Waals surface area contributed by atoms with Gasteiger partial charge in [0.1, 0.15) is 0 Å². The van der Waals surface area contributed by atoms with Gasteiger partial charge in [0, 0.05) is 10.8 Å². The standard InChI is InChI=1S/C50H40/c1-48(2,3)31-22-28-16-17-30-24-41-45(35-20-19-29(23-31)42(28)43(30)35)37-25-40-38(26-39(37)49(41,4)5)46-34-15-11-10-14-33(34)44-32-13-9-8-12-27(32)18-21-36(44)47(46)50(40,6)7/h8-26H,1-7H3. The van der Waals surface area contributed by atoms with E-state index in [-0.39, 0.29) is 16.2 Å². The van der Waals surface area contributed by atoms with Gasteiger partial charge >= 0.3 is 0 Å². The second-order valence-electron chi connectivity index (χ2n) is 17.3. The van der Waals surface area contributed by atoms with Crippen LogP contribution in [0.4, 0.5) is 0 Å². The molecule has 0 amide bonds. The van der Waals surface area contributed by atoms with E-state index in [1.165, 1.54) is 115 Å². The molecule has 0 saturated heterocycles. The third-order valence-electron chi connectivity index (χ3n) is 12.8. The molecule has 0 aliphatic heterocycles. The van der Waals surface area contributed by atoms with Crippen molar-refractivity contribution in [1.29, 1.82) is 0 Å². The number of hydrogen-bond donors (Lipinski definition) is 0. The lowest BCUT2D eigenvalue weighted by Crippen LogP contribution is -2.17. The number of hydrogen-bond acceptors (Lipinski definition) is 0. The van der Waals surface area contributed by atoms with Gasteiger partial charge in [-0.2, -0.15) is 0 Å². The molecule has 50 heavy (non-hydrogen) atoms. The van der Waals surface area contributed by atoms with E-state index in [1.807, 2.05) is 0 Å². The maximum atomic E-state index is 2.61. The van der Waals surface area contributed by atoms with Crippen LogP contribution in [0.5, 0.6) is 0 Å². The van der Waals surface area contributed by atoms with Crippen LogP contribution in [0.1, 0.15) is 76.3 Å². The highest BCUT2D eigenvalue weighted by atomic mass is 14.5. The summed E-state index contributed by atoms with van der Waals surface area (Å²) in [6, 6.07) is 44.9. The maximum Gasteiger partial charge on any atom is 0.0165 e. The Labute approximate surface area is 293 Å². The van der Waals surface area contributed by atoms with Crippen molar-refractivity contribution in [3.8, 4) is 22.3 Å². The quantitative estimate of drug-likeness (QED) is 0.145. The summed E-state index contributed by atoms with van der Waals surface area (Å²) in [5.41, 5.74) is 12.7. The smallest absolute Gasteiger partial charge is 0.0165 e. The van der Waals surface area contributed by atoms with Gasteiger partial charge in [-0.1, -0.05) is 146 Å². The summed E-state index contributed by atoms with van der Waals surface area (Å²) < 4.78 is 0. The lowest BCUT2D eigenvalue weighted by molar-refractivity contribution is 0.591. The van der Waals surface area contributed by atoms with Gasteiger partial charge in [0.15, 0.2) is 0 Å². The molecule has 0 atom stereocenters.